The van der Waals surface area contributed by atoms with E-state index in [0.717, 1.165) is 35.1 Å². The Morgan fingerprint density at radius 2 is 2.00 bits per heavy atom. The average Bonchev–Trinajstić information content (AvgIpc) is 3.20. The van der Waals surface area contributed by atoms with Crippen LogP contribution in [0.1, 0.15) is 18.3 Å². The minimum atomic E-state index is 0.483. The number of methoxy groups -OCH3 is 1. The molecule has 146 valence electrons. The quantitative estimate of drug-likeness (QED) is 0.488. The summed E-state index contributed by atoms with van der Waals surface area (Å²) in [6, 6.07) is 14.0. The summed E-state index contributed by atoms with van der Waals surface area (Å²) in [5.74, 6) is 2.28. The third kappa shape index (κ3) is 4.88. The minimum absolute atomic E-state index is 0.483. The lowest BCUT2D eigenvalue weighted by Crippen LogP contribution is -2.38. The zero-order chi connectivity index (χ0) is 19.8. The Kier molecular flexibility index (Phi) is 6.62. The Bertz CT molecular complexity index is 906. The summed E-state index contributed by atoms with van der Waals surface area (Å²) < 4.78 is 5.31. The van der Waals surface area contributed by atoms with Gasteiger partial charge in [-0.05, 0) is 18.6 Å². The maximum atomic E-state index is 5.31. The maximum Gasteiger partial charge on any atom is 0.218 e. The lowest BCUT2D eigenvalue weighted by atomic mass is 10.2. The van der Waals surface area contributed by atoms with Crippen molar-refractivity contribution in [3.63, 3.8) is 0 Å². The number of pyridine rings is 1. The molecule has 3 rings (SSSR count). The number of benzene rings is 1. The first kappa shape index (κ1) is 19.4. The summed E-state index contributed by atoms with van der Waals surface area (Å²) in [5.41, 5.74) is 3.07. The molecule has 0 aliphatic rings. The van der Waals surface area contributed by atoms with Gasteiger partial charge in [0.25, 0.3) is 0 Å². The van der Waals surface area contributed by atoms with Gasteiger partial charge in [0.05, 0.1) is 32.1 Å². The van der Waals surface area contributed by atoms with Crippen LogP contribution < -0.4 is 10.1 Å². The van der Waals surface area contributed by atoms with Crippen molar-refractivity contribution in [2.75, 3.05) is 20.7 Å². The van der Waals surface area contributed by atoms with Gasteiger partial charge in [-0.15, -0.1) is 0 Å². The van der Waals surface area contributed by atoms with Crippen LogP contribution in [0.15, 0.2) is 59.9 Å². The molecule has 7 heteroatoms. The molecule has 0 fully saturated rings. The molecule has 0 saturated heterocycles. The van der Waals surface area contributed by atoms with E-state index in [0.29, 0.717) is 19.0 Å². The Morgan fingerprint density at radius 1 is 1.18 bits per heavy atom. The van der Waals surface area contributed by atoms with E-state index < -0.39 is 0 Å². The van der Waals surface area contributed by atoms with Crippen molar-refractivity contribution in [2.45, 2.75) is 20.0 Å². The summed E-state index contributed by atoms with van der Waals surface area (Å²) in [5, 5.41) is 3.32. The van der Waals surface area contributed by atoms with Gasteiger partial charge in [-0.2, -0.15) is 0 Å². The van der Waals surface area contributed by atoms with E-state index in [1.165, 1.54) is 0 Å². The van der Waals surface area contributed by atoms with Crippen molar-refractivity contribution < 1.29 is 4.74 Å². The monoisotopic (exact) mass is 378 g/mol. The van der Waals surface area contributed by atoms with Gasteiger partial charge in [0.1, 0.15) is 5.82 Å². The first-order chi connectivity index (χ1) is 13.7. The lowest BCUT2D eigenvalue weighted by molar-refractivity contribution is 0.392. The summed E-state index contributed by atoms with van der Waals surface area (Å²) in [4.78, 5) is 18.9. The van der Waals surface area contributed by atoms with Gasteiger partial charge in [0.2, 0.25) is 5.88 Å². The van der Waals surface area contributed by atoms with Crippen molar-refractivity contribution in [3.8, 4) is 17.1 Å². The predicted molar refractivity (Wildman–Crippen MR) is 111 cm³/mol. The number of aliphatic imine (C=N–C) groups is 1. The number of guanidine groups is 1. The van der Waals surface area contributed by atoms with Crippen molar-refractivity contribution >= 4 is 5.96 Å². The zero-order valence-corrected chi connectivity index (χ0v) is 16.5. The summed E-state index contributed by atoms with van der Waals surface area (Å²) in [7, 11) is 3.61. The van der Waals surface area contributed by atoms with Gasteiger partial charge < -0.3 is 19.9 Å². The molecule has 0 aliphatic heterocycles. The zero-order valence-electron chi connectivity index (χ0n) is 16.5. The van der Waals surface area contributed by atoms with Crippen LogP contribution in [-0.4, -0.2) is 46.5 Å². The van der Waals surface area contributed by atoms with E-state index in [4.69, 9.17) is 9.73 Å². The second kappa shape index (κ2) is 9.55. The SMILES string of the molecule is CCNC(=NCc1cccnc1OC)N(C)Cc1ncc(-c2ccccc2)[nH]1. The number of nitrogens with zero attached hydrogens (tertiary/aromatic N) is 4. The highest BCUT2D eigenvalue weighted by Gasteiger charge is 2.11. The molecular weight excluding hydrogens is 352 g/mol. The molecule has 0 amide bonds. The average molecular weight is 378 g/mol. The Hall–Kier alpha value is -3.35. The van der Waals surface area contributed by atoms with E-state index in [2.05, 4.69) is 39.3 Å². The number of imidazole rings is 1. The lowest BCUT2D eigenvalue weighted by Gasteiger charge is -2.21. The highest BCUT2D eigenvalue weighted by atomic mass is 16.5. The molecule has 2 N–H and O–H groups in total. The number of hydrogen-bond acceptors (Lipinski definition) is 4. The van der Waals surface area contributed by atoms with E-state index in [1.54, 1.807) is 13.3 Å². The van der Waals surface area contributed by atoms with Crippen LogP contribution in [0.2, 0.25) is 0 Å². The molecule has 0 saturated carbocycles. The van der Waals surface area contributed by atoms with Gasteiger partial charge >= 0.3 is 0 Å². The van der Waals surface area contributed by atoms with Crippen LogP contribution in [0.3, 0.4) is 0 Å². The smallest absolute Gasteiger partial charge is 0.218 e. The van der Waals surface area contributed by atoms with Gasteiger partial charge in [0, 0.05) is 25.4 Å². The van der Waals surface area contributed by atoms with Crippen molar-refractivity contribution in [1.29, 1.82) is 0 Å². The van der Waals surface area contributed by atoms with Gasteiger partial charge in [-0.1, -0.05) is 36.4 Å². The Balaban J connectivity index is 1.71. The van der Waals surface area contributed by atoms with Crippen LogP contribution >= 0.6 is 0 Å². The molecule has 28 heavy (non-hydrogen) atoms. The standard InChI is InChI=1S/C21H26N6O/c1-4-22-21(25-13-17-11-8-12-23-20(17)28-3)27(2)15-19-24-14-18(26-19)16-9-6-5-7-10-16/h5-12,14H,4,13,15H2,1-3H3,(H,22,25)(H,24,26). The van der Waals surface area contributed by atoms with Crippen molar-refractivity contribution in [1.82, 2.24) is 25.2 Å². The molecule has 0 bridgehead atoms. The summed E-state index contributed by atoms with van der Waals surface area (Å²) in [6.45, 7) is 3.93. The number of H-pyrrole nitrogens is 1. The number of rotatable bonds is 7. The third-order valence-electron chi connectivity index (χ3n) is 4.24. The summed E-state index contributed by atoms with van der Waals surface area (Å²) in [6.07, 6.45) is 3.58. The van der Waals surface area contributed by atoms with Gasteiger partial charge in [-0.25, -0.2) is 15.0 Å². The van der Waals surface area contributed by atoms with Crippen LogP contribution in [-0.2, 0) is 13.1 Å². The number of aromatic nitrogens is 3. The maximum absolute atomic E-state index is 5.31. The normalized spacial score (nSPS) is 11.3. The van der Waals surface area contributed by atoms with Crippen LogP contribution in [0.5, 0.6) is 5.88 Å². The van der Waals surface area contributed by atoms with E-state index in [-0.39, 0.29) is 0 Å². The van der Waals surface area contributed by atoms with E-state index >= 15 is 0 Å². The number of ether oxygens (including phenoxy) is 1. The molecule has 1 aromatic carbocycles. The van der Waals surface area contributed by atoms with Gasteiger partial charge in [0.15, 0.2) is 5.96 Å². The predicted octanol–water partition coefficient (Wildman–Crippen LogP) is 3.08. The fraction of sp³-hybridized carbons (Fsp3) is 0.286. The number of aromatic amines is 1. The molecule has 2 heterocycles. The Labute approximate surface area is 165 Å². The highest BCUT2D eigenvalue weighted by Crippen LogP contribution is 2.17. The molecule has 0 atom stereocenters. The molecular formula is C21H26N6O. The van der Waals surface area contributed by atoms with Crippen LogP contribution in [0, 0.1) is 0 Å². The minimum Gasteiger partial charge on any atom is -0.481 e. The second-order valence-corrected chi connectivity index (χ2v) is 6.31. The van der Waals surface area contributed by atoms with E-state index in [1.807, 2.05) is 48.5 Å². The Morgan fingerprint density at radius 3 is 2.75 bits per heavy atom. The van der Waals surface area contributed by atoms with Crippen molar-refractivity contribution in [3.05, 3.63) is 66.2 Å². The van der Waals surface area contributed by atoms with Crippen molar-refractivity contribution in [2.24, 2.45) is 4.99 Å². The van der Waals surface area contributed by atoms with E-state index in [9.17, 15) is 0 Å². The molecule has 0 radical (unpaired) electrons. The molecule has 7 nitrogen and oxygen atoms in total. The first-order valence-electron chi connectivity index (χ1n) is 9.28. The molecule has 0 unspecified atom stereocenters. The fourth-order valence-electron chi connectivity index (χ4n) is 2.86. The molecule has 0 aliphatic carbocycles. The highest BCUT2D eigenvalue weighted by molar-refractivity contribution is 5.79. The fourth-order valence-corrected chi connectivity index (χ4v) is 2.86. The summed E-state index contributed by atoms with van der Waals surface area (Å²) >= 11 is 0. The third-order valence-corrected chi connectivity index (χ3v) is 4.24. The number of hydrogen-bond donors (Lipinski definition) is 2. The van der Waals surface area contributed by atoms with Gasteiger partial charge in [-0.3, -0.25) is 0 Å². The molecule has 0 spiro atoms. The largest absolute Gasteiger partial charge is 0.481 e. The molecule has 2 aromatic heterocycles. The van der Waals surface area contributed by atoms with Crippen LogP contribution in [0.4, 0.5) is 0 Å². The number of nitrogens with one attached hydrogen (secondary N) is 2. The first-order valence-corrected chi connectivity index (χ1v) is 9.28. The molecule has 3 aromatic rings. The second-order valence-electron chi connectivity index (χ2n) is 6.31. The van der Waals surface area contributed by atoms with Crippen LogP contribution in [0.25, 0.3) is 11.3 Å². The topological polar surface area (TPSA) is 78.4 Å².